The van der Waals surface area contributed by atoms with Crippen LogP contribution in [-0.4, -0.2) is 23.3 Å². The second-order valence-electron chi connectivity index (χ2n) is 6.15. The molecule has 0 atom stereocenters. The standard InChI is InChI=1S/C22H19ClN4O/c1-16-17(8-5-9-20(16)18-6-3-2-4-7-18)10-11-19-14-21(23)22(27-26-19)15-24-12-13-25-28/h2-9,14,24H,12-13,15H2,1H3. The van der Waals surface area contributed by atoms with E-state index in [1.54, 1.807) is 6.07 Å². The Morgan fingerprint density at radius 2 is 1.89 bits per heavy atom. The lowest BCUT2D eigenvalue weighted by Gasteiger charge is -2.07. The molecule has 0 saturated carbocycles. The van der Waals surface area contributed by atoms with Gasteiger partial charge in [0.05, 0.1) is 17.3 Å². The van der Waals surface area contributed by atoms with Crippen molar-refractivity contribution in [2.75, 3.05) is 13.1 Å². The Hall–Kier alpha value is -3.07. The van der Waals surface area contributed by atoms with Gasteiger partial charge in [-0.3, -0.25) is 0 Å². The Morgan fingerprint density at radius 3 is 2.64 bits per heavy atom. The van der Waals surface area contributed by atoms with Gasteiger partial charge in [0.1, 0.15) is 5.69 Å². The number of benzene rings is 2. The fraction of sp³-hybridized carbons (Fsp3) is 0.182. The van der Waals surface area contributed by atoms with Crippen molar-refractivity contribution in [1.29, 1.82) is 0 Å². The molecule has 6 heteroatoms. The molecular weight excluding hydrogens is 372 g/mol. The summed E-state index contributed by atoms with van der Waals surface area (Å²) >= 11 is 6.27. The SMILES string of the molecule is Cc1c(C#Cc2cc(Cl)c(CNCCN=O)nn2)cccc1-c1ccccc1. The van der Waals surface area contributed by atoms with Crippen molar-refractivity contribution in [3.8, 4) is 23.0 Å². The smallest absolute Gasteiger partial charge is 0.137 e. The van der Waals surface area contributed by atoms with Gasteiger partial charge in [-0.25, -0.2) is 0 Å². The molecule has 1 heterocycles. The zero-order chi connectivity index (χ0) is 19.8. The second-order valence-corrected chi connectivity index (χ2v) is 6.56. The first-order chi connectivity index (χ1) is 13.7. The van der Waals surface area contributed by atoms with E-state index in [0.717, 1.165) is 22.3 Å². The van der Waals surface area contributed by atoms with Crippen molar-refractivity contribution < 1.29 is 0 Å². The van der Waals surface area contributed by atoms with Gasteiger partial charge in [0.15, 0.2) is 0 Å². The summed E-state index contributed by atoms with van der Waals surface area (Å²) in [5.41, 5.74) is 5.49. The molecule has 1 aromatic heterocycles. The highest BCUT2D eigenvalue weighted by Crippen LogP contribution is 2.25. The largest absolute Gasteiger partial charge is 0.309 e. The summed E-state index contributed by atoms with van der Waals surface area (Å²) in [4.78, 5) is 10.1. The normalized spacial score (nSPS) is 10.2. The van der Waals surface area contributed by atoms with E-state index in [4.69, 9.17) is 11.6 Å². The third-order valence-corrected chi connectivity index (χ3v) is 4.56. The maximum atomic E-state index is 10.1. The molecule has 0 aliphatic heterocycles. The lowest BCUT2D eigenvalue weighted by atomic mass is 9.97. The van der Waals surface area contributed by atoms with Gasteiger partial charge in [-0.2, -0.15) is 10.0 Å². The number of hydrogen-bond acceptors (Lipinski definition) is 5. The first kappa shape index (κ1) is 19.7. The Morgan fingerprint density at radius 1 is 1.07 bits per heavy atom. The summed E-state index contributed by atoms with van der Waals surface area (Å²) < 4.78 is 0. The molecule has 3 rings (SSSR count). The van der Waals surface area contributed by atoms with Gasteiger partial charge < -0.3 is 5.32 Å². The first-order valence-electron chi connectivity index (χ1n) is 8.88. The average molecular weight is 391 g/mol. The average Bonchev–Trinajstić information content (AvgIpc) is 2.72. The van der Waals surface area contributed by atoms with Crippen LogP contribution in [-0.2, 0) is 6.54 Å². The first-order valence-corrected chi connectivity index (χ1v) is 9.26. The van der Waals surface area contributed by atoms with Gasteiger partial charge in [0, 0.05) is 18.7 Å². The van der Waals surface area contributed by atoms with E-state index >= 15 is 0 Å². The Kier molecular flexibility index (Phi) is 6.85. The van der Waals surface area contributed by atoms with Gasteiger partial charge in [0.25, 0.3) is 0 Å². The van der Waals surface area contributed by atoms with E-state index in [1.165, 1.54) is 0 Å². The predicted octanol–water partition coefficient (Wildman–Crippen LogP) is 4.36. The molecule has 2 aromatic carbocycles. The molecule has 5 nitrogen and oxygen atoms in total. The summed E-state index contributed by atoms with van der Waals surface area (Å²) in [6.45, 7) is 3.16. The van der Waals surface area contributed by atoms with Gasteiger partial charge in [-0.15, -0.1) is 5.10 Å². The molecule has 0 saturated heterocycles. The highest BCUT2D eigenvalue weighted by atomic mass is 35.5. The molecular formula is C22H19ClN4O. The Balaban J connectivity index is 1.79. The Labute approximate surface area is 169 Å². The molecule has 0 spiro atoms. The minimum atomic E-state index is 0.204. The fourth-order valence-electron chi connectivity index (χ4n) is 2.74. The zero-order valence-corrected chi connectivity index (χ0v) is 16.2. The van der Waals surface area contributed by atoms with Crippen LogP contribution in [0.25, 0.3) is 11.1 Å². The highest BCUT2D eigenvalue weighted by Gasteiger charge is 2.06. The van der Waals surface area contributed by atoms with Crippen LogP contribution in [0.1, 0.15) is 22.5 Å². The molecule has 0 aliphatic rings. The van der Waals surface area contributed by atoms with E-state index in [9.17, 15) is 4.91 Å². The molecule has 0 amide bonds. The zero-order valence-electron chi connectivity index (χ0n) is 15.4. The van der Waals surface area contributed by atoms with Crippen LogP contribution in [0.15, 0.2) is 59.8 Å². The minimum absolute atomic E-state index is 0.204. The van der Waals surface area contributed by atoms with Crippen molar-refractivity contribution in [3.05, 3.63) is 87.0 Å². The van der Waals surface area contributed by atoms with Crippen LogP contribution >= 0.6 is 11.6 Å². The van der Waals surface area contributed by atoms with Crippen molar-refractivity contribution >= 4 is 11.6 Å². The van der Waals surface area contributed by atoms with E-state index in [0.29, 0.717) is 29.5 Å². The lowest BCUT2D eigenvalue weighted by molar-refractivity contribution is 0.672. The number of hydrogen-bond donors (Lipinski definition) is 1. The van der Waals surface area contributed by atoms with Crippen LogP contribution in [0.4, 0.5) is 0 Å². The second kappa shape index (κ2) is 9.75. The maximum Gasteiger partial charge on any atom is 0.137 e. The molecule has 3 aromatic rings. The molecule has 0 bridgehead atoms. The quantitative estimate of drug-likeness (QED) is 0.385. The van der Waals surface area contributed by atoms with Gasteiger partial charge in [0.2, 0.25) is 0 Å². The predicted molar refractivity (Wildman–Crippen MR) is 112 cm³/mol. The molecule has 0 fully saturated rings. The third-order valence-electron chi connectivity index (χ3n) is 4.23. The summed E-state index contributed by atoms with van der Waals surface area (Å²) in [5, 5.41) is 14.6. The summed E-state index contributed by atoms with van der Waals surface area (Å²) in [6.07, 6.45) is 0. The van der Waals surface area contributed by atoms with E-state index in [-0.39, 0.29) is 6.54 Å². The lowest BCUT2D eigenvalue weighted by Crippen LogP contribution is -2.18. The highest BCUT2D eigenvalue weighted by molar-refractivity contribution is 6.31. The van der Waals surface area contributed by atoms with Crippen LogP contribution < -0.4 is 5.32 Å². The van der Waals surface area contributed by atoms with Crippen LogP contribution in [0.2, 0.25) is 5.02 Å². The van der Waals surface area contributed by atoms with Gasteiger partial charge >= 0.3 is 0 Å². The number of nitrogens with one attached hydrogen (secondary N) is 1. The topological polar surface area (TPSA) is 67.2 Å². The monoisotopic (exact) mass is 390 g/mol. The molecule has 1 N–H and O–H groups in total. The van der Waals surface area contributed by atoms with Crippen molar-refractivity contribution in [1.82, 2.24) is 15.5 Å². The number of aromatic nitrogens is 2. The third kappa shape index (κ3) is 5.01. The molecule has 140 valence electrons. The number of nitrogens with zero attached hydrogens (tertiary/aromatic N) is 3. The van der Waals surface area contributed by atoms with Crippen LogP contribution in [0.3, 0.4) is 0 Å². The summed E-state index contributed by atoms with van der Waals surface area (Å²) in [7, 11) is 0. The van der Waals surface area contributed by atoms with Crippen LogP contribution in [0, 0.1) is 23.7 Å². The summed E-state index contributed by atoms with van der Waals surface area (Å²) in [6, 6.07) is 18.0. The van der Waals surface area contributed by atoms with Crippen molar-refractivity contribution in [2.24, 2.45) is 5.18 Å². The van der Waals surface area contributed by atoms with Crippen LogP contribution in [0.5, 0.6) is 0 Å². The number of nitroso groups, excluding NO2 is 1. The van der Waals surface area contributed by atoms with Crippen molar-refractivity contribution in [3.63, 3.8) is 0 Å². The molecule has 0 aliphatic carbocycles. The van der Waals surface area contributed by atoms with E-state index < -0.39 is 0 Å². The van der Waals surface area contributed by atoms with Gasteiger partial charge in [-0.1, -0.05) is 65.2 Å². The van der Waals surface area contributed by atoms with Gasteiger partial charge in [-0.05, 0) is 41.7 Å². The maximum absolute atomic E-state index is 10.1. The molecule has 0 radical (unpaired) electrons. The minimum Gasteiger partial charge on any atom is -0.309 e. The fourth-order valence-corrected chi connectivity index (χ4v) is 2.95. The van der Waals surface area contributed by atoms with E-state index in [2.05, 4.69) is 57.7 Å². The number of rotatable bonds is 6. The molecule has 28 heavy (non-hydrogen) atoms. The molecule has 0 unspecified atom stereocenters. The van der Waals surface area contributed by atoms with E-state index in [1.807, 2.05) is 30.3 Å². The Bertz CT molecular complexity index is 1030. The summed E-state index contributed by atoms with van der Waals surface area (Å²) in [5.74, 6) is 6.21. The number of halogens is 1. The van der Waals surface area contributed by atoms with Crippen molar-refractivity contribution in [2.45, 2.75) is 13.5 Å².